The minimum absolute atomic E-state index is 0.296. The monoisotopic (exact) mass is 436 g/mol. The molecule has 0 aliphatic rings. The van der Waals surface area contributed by atoms with E-state index in [4.69, 9.17) is 32.7 Å². The van der Waals surface area contributed by atoms with Crippen LogP contribution in [0.1, 0.15) is 15.9 Å². The lowest BCUT2D eigenvalue weighted by molar-refractivity contribution is 0.0599. The number of hydrogen-bond acceptors (Lipinski definition) is 3. The Morgan fingerprint density at radius 2 is 2.00 bits per heavy atom. The second kappa shape index (κ2) is 7.33. The van der Waals surface area contributed by atoms with Gasteiger partial charge >= 0.3 is 5.97 Å². The van der Waals surface area contributed by atoms with Crippen molar-refractivity contribution in [3.63, 3.8) is 0 Å². The molecule has 0 spiro atoms. The maximum absolute atomic E-state index is 11.6. The first-order valence-electron chi connectivity index (χ1n) is 5.96. The Balaban J connectivity index is 2.18. The minimum Gasteiger partial charge on any atom is -0.487 e. The number of esters is 1. The molecule has 2 rings (SSSR count). The highest BCUT2D eigenvalue weighted by Gasteiger charge is 2.13. The van der Waals surface area contributed by atoms with Crippen LogP contribution in [0.3, 0.4) is 0 Å². The zero-order valence-corrected chi connectivity index (χ0v) is 14.7. The Kier molecular flexibility index (Phi) is 5.72. The predicted molar refractivity (Wildman–Crippen MR) is 91.3 cm³/mol. The highest BCUT2D eigenvalue weighted by molar-refractivity contribution is 14.1. The van der Waals surface area contributed by atoms with Gasteiger partial charge in [-0.3, -0.25) is 0 Å². The van der Waals surface area contributed by atoms with E-state index in [1.807, 2.05) is 6.07 Å². The first-order chi connectivity index (χ1) is 10.0. The molecule has 6 heteroatoms. The maximum Gasteiger partial charge on any atom is 0.338 e. The zero-order chi connectivity index (χ0) is 15.4. The molecule has 0 saturated carbocycles. The van der Waals surface area contributed by atoms with Gasteiger partial charge in [0, 0.05) is 14.2 Å². The van der Waals surface area contributed by atoms with Crippen molar-refractivity contribution >= 4 is 51.8 Å². The Hall–Kier alpha value is -0.980. The lowest BCUT2D eigenvalue weighted by Crippen LogP contribution is -2.07. The van der Waals surface area contributed by atoms with Crippen LogP contribution in [-0.4, -0.2) is 13.1 Å². The fourth-order valence-corrected chi connectivity index (χ4v) is 2.91. The molecule has 21 heavy (non-hydrogen) atoms. The van der Waals surface area contributed by atoms with E-state index in [9.17, 15) is 4.79 Å². The molecule has 110 valence electrons. The van der Waals surface area contributed by atoms with Crippen molar-refractivity contribution < 1.29 is 14.3 Å². The molecule has 0 bridgehead atoms. The van der Waals surface area contributed by atoms with E-state index in [1.54, 1.807) is 30.3 Å². The number of carbonyl (C=O) groups excluding carboxylic acids is 1. The average molecular weight is 437 g/mol. The van der Waals surface area contributed by atoms with Crippen molar-refractivity contribution in [1.29, 1.82) is 0 Å². The molecule has 0 atom stereocenters. The van der Waals surface area contributed by atoms with Crippen LogP contribution >= 0.6 is 45.8 Å². The van der Waals surface area contributed by atoms with Crippen molar-refractivity contribution in [2.75, 3.05) is 7.11 Å². The van der Waals surface area contributed by atoms with Gasteiger partial charge in [-0.1, -0.05) is 35.3 Å². The minimum atomic E-state index is -0.370. The molecular weight excluding hydrogens is 426 g/mol. The van der Waals surface area contributed by atoms with Crippen LogP contribution < -0.4 is 4.74 Å². The van der Waals surface area contributed by atoms with Gasteiger partial charge in [0.1, 0.15) is 12.4 Å². The molecule has 0 aliphatic heterocycles. The summed E-state index contributed by atoms with van der Waals surface area (Å²) < 4.78 is 11.2. The van der Waals surface area contributed by atoms with E-state index in [0.29, 0.717) is 28.0 Å². The highest BCUT2D eigenvalue weighted by Crippen LogP contribution is 2.29. The lowest BCUT2D eigenvalue weighted by atomic mass is 10.1. The largest absolute Gasteiger partial charge is 0.487 e. The topological polar surface area (TPSA) is 35.5 Å². The summed E-state index contributed by atoms with van der Waals surface area (Å²) >= 11 is 14.0. The quantitative estimate of drug-likeness (QED) is 0.501. The smallest absolute Gasteiger partial charge is 0.338 e. The number of rotatable bonds is 4. The van der Waals surface area contributed by atoms with E-state index in [0.717, 1.165) is 9.13 Å². The van der Waals surface area contributed by atoms with Crippen LogP contribution in [0.5, 0.6) is 5.75 Å². The second-order valence-corrected chi connectivity index (χ2v) is 6.06. The lowest BCUT2D eigenvalue weighted by Gasteiger charge is -2.11. The Morgan fingerprint density at radius 3 is 2.67 bits per heavy atom. The van der Waals surface area contributed by atoms with Gasteiger partial charge in [-0.2, -0.15) is 0 Å². The van der Waals surface area contributed by atoms with Crippen LogP contribution in [0.4, 0.5) is 0 Å². The normalized spacial score (nSPS) is 10.3. The summed E-state index contributed by atoms with van der Waals surface area (Å²) in [4.78, 5) is 11.6. The van der Waals surface area contributed by atoms with Crippen LogP contribution in [0, 0.1) is 3.57 Å². The second-order valence-electron chi connectivity index (χ2n) is 4.13. The number of methoxy groups -OCH3 is 1. The van der Waals surface area contributed by atoms with Crippen LogP contribution in [-0.2, 0) is 11.3 Å². The molecule has 2 aromatic rings. The zero-order valence-electron chi connectivity index (χ0n) is 11.0. The molecule has 0 saturated heterocycles. The third-order valence-corrected chi connectivity index (χ3v) is 4.57. The first-order valence-corrected chi connectivity index (χ1v) is 7.80. The van der Waals surface area contributed by atoms with E-state index in [1.165, 1.54) is 7.11 Å². The van der Waals surface area contributed by atoms with Crippen molar-refractivity contribution in [2.24, 2.45) is 0 Å². The maximum atomic E-state index is 11.6. The van der Waals surface area contributed by atoms with Gasteiger partial charge in [-0.25, -0.2) is 4.79 Å². The molecule has 0 heterocycles. The molecule has 0 unspecified atom stereocenters. The van der Waals surface area contributed by atoms with Crippen molar-refractivity contribution in [1.82, 2.24) is 0 Å². The van der Waals surface area contributed by atoms with Crippen LogP contribution in [0.25, 0.3) is 0 Å². The standard InChI is InChI=1S/C15H11Cl2IO3/c1-20-15(19)11-4-2-3-9(14(11)18)8-21-13-6-5-10(16)7-12(13)17/h2-7H,8H2,1H3. The van der Waals surface area contributed by atoms with Crippen molar-refractivity contribution in [3.8, 4) is 5.75 Å². The summed E-state index contributed by atoms with van der Waals surface area (Å²) in [6.45, 7) is 0.296. The number of hydrogen-bond donors (Lipinski definition) is 0. The number of ether oxygens (including phenoxy) is 2. The van der Waals surface area contributed by atoms with Gasteiger partial charge in [-0.05, 0) is 46.9 Å². The summed E-state index contributed by atoms with van der Waals surface area (Å²) in [7, 11) is 1.36. The van der Waals surface area contributed by atoms with E-state index >= 15 is 0 Å². The van der Waals surface area contributed by atoms with Gasteiger partial charge < -0.3 is 9.47 Å². The number of carbonyl (C=O) groups is 1. The Bertz CT molecular complexity index is 674. The first kappa shape index (κ1) is 16.4. The molecular formula is C15H11Cl2IO3. The number of benzene rings is 2. The van der Waals surface area contributed by atoms with Crippen molar-refractivity contribution in [2.45, 2.75) is 6.61 Å². The molecule has 0 fully saturated rings. The van der Waals surface area contributed by atoms with Crippen molar-refractivity contribution in [3.05, 3.63) is 61.1 Å². The Morgan fingerprint density at radius 1 is 1.24 bits per heavy atom. The third kappa shape index (κ3) is 4.02. The summed E-state index contributed by atoms with van der Waals surface area (Å²) in [6, 6.07) is 10.4. The molecule has 2 aromatic carbocycles. The van der Waals surface area contributed by atoms with Gasteiger partial charge in [0.2, 0.25) is 0 Å². The van der Waals surface area contributed by atoms with Gasteiger partial charge in [0.25, 0.3) is 0 Å². The van der Waals surface area contributed by atoms with Crippen LogP contribution in [0.15, 0.2) is 36.4 Å². The molecule has 0 radical (unpaired) electrons. The van der Waals surface area contributed by atoms with Gasteiger partial charge in [-0.15, -0.1) is 0 Å². The molecule has 0 N–H and O–H groups in total. The summed E-state index contributed by atoms with van der Waals surface area (Å²) in [5.74, 6) is 0.172. The fraction of sp³-hybridized carbons (Fsp3) is 0.133. The van der Waals surface area contributed by atoms with E-state index in [-0.39, 0.29) is 5.97 Å². The Labute approximate surface area is 146 Å². The summed E-state index contributed by atoms with van der Waals surface area (Å²) in [6.07, 6.45) is 0. The number of halogens is 3. The average Bonchev–Trinajstić information content (AvgIpc) is 2.47. The van der Waals surface area contributed by atoms with Crippen LogP contribution in [0.2, 0.25) is 10.0 Å². The SMILES string of the molecule is COC(=O)c1cccc(COc2ccc(Cl)cc2Cl)c1I. The predicted octanol–water partition coefficient (Wildman–Crippen LogP) is 4.96. The summed E-state index contributed by atoms with van der Waals surface area (Å²) in [5.41, 5.74) is 1.39. The van der Waals surface area contributed by atoms with E-state index < -0.39 is 0 Å². The molecule has 0 aromatic heterocycles. The highest BCUT2D eigenvalue weighted by atomic mass is 127. The molecule has 0 aliphatic carbocycles. The fourth-order valence-electron chi connectivity index (χ4n) is 1.71. The van der Waals surface area contributed by atoms with Gasteiger partial charge in [0.15, 0.2) is 0 Å². The summed E-state index contributed by atoms with van der Waals surface area (Å²) in [5, 5.41) is 0.997. The van der Waals surface area contributed by atoms with E-state index in [2.05, 4.69) is 22.6 Å². The van der Waals surface area contributed by atoms with Gasteiger partial charge in [0.05, 0.1) is 17.7 Å². The molecule has 3 nitrogen and oxygen atoms in total. The third-order valence-electron chi connectivity index (χ3n) is 2.76. The molecule has 0 amide bonds.